The molecular formula is C12H16O3. The van der Waals surface area contributed by atoms with E-state index in [2.05, 4.69) is 6.58 Å². The van der Waals surface area contributed by atoms with Gasteiger partial charge in [0.15, 0.2) is 5.79 Å². The lowest BCUT2D eigenvalue weighted by molar-refractivity contribution is -0.0344. The van der Waals surface area contributed by atoms with Gasteiger partial charge >= 0.3 is 0 Å². The topological polar surface area (TPSA) is 31.0 Å². The average molecular weight is 208 g/mol. The molecular weight excluding hydrogens is 192 g/mol. The summed E-state index contributed by atoms with van der Waals surface area (Å²) in [6.07, 6.45) is 4.47. The summed E-state index contributed by atoms with van der Waals surface area (Å²) in [6.45, 7) is 5.36. The van der Waals surface area contributed by atoms with Crippen molar-refractivity contribution in [3.8, 4) is 0 Å². The van der Waals surface area contributed by atoms with Crippen LogP contribution in [-0.2, 0) is 14.2 Å². The van der Waals surface area contributed by atoms with Crippen LogP contribution in [0.3, 0.4) is 0 Å². The van der Waals surface area contributed by atoms with Crippen molar-refractivity contribution in [2.75, 3.05) is 13.2 Å². The van der Waals surface area contributed by atoms with Crippen molar-refractivity contribution in [3.05, 3.63) is 12.8 Å². The molecule has 0 amide bonds. The normalized spacial score (nSPS) is 59.6. The van der Waals surface area contributed by atoms with Crippen LogP contribution >= 0.6 is 0 Å². The van der Waals surface area contributed by atoms with Gasteiger partial charge in [0.2, 0.25) is 0 Å². The molecule has 4 rings (SSSR count). The molecule has 82 valence electrons. The van der Waals surface area contributed by atoms with Gasteiger partial charge in [0.25, 0.3) is 0 Å². The van der Waals surface area contributed by atoms with Crippen molar-refractivity contribution in [1.29, 1.82) is 0 Å². The minimum absolute atomic E-state index is 0.150. The Morgan fingerprint density at radius 1 is 1.27 bits per heavy atom. The quantitative estimate of drug-likeness (QED) is 0.509. The first kappa shape index (κ1) is 8.59. The largest absolute Gasteiger partial charge is 0.498 e. The van der Waals surface area contributed by atoms with Crippen molar-refractivity contribution >= 4 is 0 Å². The predicted molar refractivity (Wildman–Crippen MR) is 52.9 cm³/mol. The van der Waals surface area contributed by atoms with Gasteiger partial charge in [-0.15, -0.1) is 0 Å². The van der Waals surface area contributed by atoms with Crippen molar-refractivity contribution in [3.63, 3.8) is 0 Å². The highest BCUT2D eigenvalue weighted by atomic mass is 16.8. The number of epoxide rings is 1. The van der Waals surface area contributed by atoms with Crippen LogP contribution in [-0.4, -0.2) is 25.1 Å². The van der Waals surface area contributed by atoms with E-state index < -0.39 is 0 Å². The molecule has 6 atom stereocenters. The zero-order valence-corrected chi connectivity index (χ0v) is 8.72. The van der Waals surface area contributed by atoms with Gasteiger partial charge in [-0.05, 0) is 24.7 Å². The summed E-state index contributed by atoms with van der Waals surface area (Å²) in [5.41, 5.74) is 0. The van der Waals surface area contributed by atoms with Crippen molar-refractivity contribution in [2.24, 2.45) is 23.7 Å². The second-order valence-electron chi connectivity index (χ2n) is 5.34. The summed E-state index contributed by atoms with van der Waals surface area (Å²) >= 11 is 0. The maximum absolute atomic E-state index is 5.82. The minimum atomic E-state index is -0.150. The fourth-order valence-corrected chi connectivity index (χ4v) is 4.30. The van der Waals surface area contributed by atoms with E-state index in [4.69, 9.17) is 14.2 Å². The predicted octanol–water partition coefficient (Wildman–Crippen LogP) is 1.54. The first-order valence-corrected chi connectivity index (χ1v) is 5.88. The molecule has 0 aromatic carbocycles. The number of rotatable bonds is 2. The van der Waals surface area contributed by atoms with Crippen molar-refractivity contribution < 1.29 is 14.2 Å². The van der Waals surface area contributed by atoms with Gasteiger partial charge in [-0.25, -0.2) is 0 Å². The molecule has 2 saturated carbocycles. The van der Waals surface area contributed by atoms with Gasteiger partial charge in [-0.2, -0.15) is 0 Å². The molecule has 0 N–H and O–H groups in total. The number of ether oxygens (including phenoxy) is 3. The van der Waals surface area contributed by atoms with E-state index in [0.717, 1.165) is 19.1 Å². The molecule has 2 aliphatic heterocycles. The van der Waals surface area contributed by atoms with Crippen LogP contribution in [0.4, 0.5) is 0 Å². The van der Waals surface area contributed by atoms with Crippen LogP contribution in [0.25, 0.3) is 0 Å². The van der Waals surface area contributed by atoms with Crippen molar-refractivity contribution in [1.82, 2.24) is 0 Å². The van der Waals surface area contributed by atoms with E-state index in [-0.39, 0.29) is 5.79 Å². The molecule has 0 aromatic heterocycles. The Bertz CT molecular complexity index is 310. The molecule has 2 saturated heterocycles. The Hall–Kier alpha value is -0.540. The molecule has 1 spiro atoms. The molecule has 0 aromatic rings. The third kappa shape index (κ3) is 0.936. The molecule has 2 bridgehead atoms. The Morgan fingerprint density at radius 3 is 2.87 bits per heavy atom. The molecule has 2 heterocycles. The Labute approximate surface area is 89.4 Å². The molecule has 3 nitrogen and oxygen atoms in total. The van der Waals surface area contributed by atoms with Crippen LogP contribution in [0.2, 0.25) is 0 Å². The summed E-state index contributed by atoms with van der Waals surface area (Å²) in [5, 5.41) is 0. The number of fused-ring (bicyclic) bond motifs is 6. The highest BCUT2D eigenvalue weighted by Gasteiger charge is 2.70. The zero-order valence-electron chi connectivity index (χ0n) is 8.72. The maximum Gasteiger partial charge on any atom is 0.195 e. The lowest BCUT2D eigenvalue weighted by Gasteiger charge is -2.30. The lowest BCUT2D eigenvalue weighted by Crippen LogP contribution is -2.35. The molecule has 2 aliphatic carbocycles. The third-order valence-corrected chi connectivity index (χ3v) is 4.83. The first-order valence-electron chi connectivity index (χ1n) is 5.88. The van der Waals surface area contributed by atoms with E-state index in [1.165, 1.54) is 12.8 Å². The van der Waals surface area contributed by atoms with Crippen LogP contribution in [0.15, 0.2) is 12.8 Å². The van der Waals surface area contributed by atoms with Crippen LogP contribution in [0.1, 0.15) is 12.8 Å². The SMILES string of the molecule is C=COC1CC2CC1C1COC3(CO3)C21. The summed E-state index contributed by atoms with van der Waals surface area (Å²) in [4.78, 5) is 0. The molecule has 3 heteroatoms. The Morgan fingerprint density at radius 2 is 2.13 bits per heavy atom. The van der Waals surface area contributed by atoms with Crippen LogP contribution in [0, 0.1) is 23.7 Å². The molecule has 4 fully saturated rings. The molecule has 4 aliphatic rings. The van der Waals surface area contributed by atoms with Crippen molar-refractivity contribution in [2.45, 2.75) is 24.7 Å². The summed E-state index contributed by atoms with van der Waals surface area (Å²) in [6, 6.07) is 0. The Balaban J connectivity index is 1.61. The second kappa shape index (κ2) is 2.58. The van der Waals surface area contributed by atoms with Gasteiger partial charge in [0.05, 0.1) is 12.9 Å². The van der Waals surface area contributed by atoms with Gasteiger partial charge in [-0.1, -0.05) is 6.58 Å². The number of hydrogen-bond donors (Lipinski definition) is 0. The van der Waals surface area contributed by atoms with Crippen LogP contribution < -0.4 is 0 Å². The van der Waals surface area contributed by atoms with Gasteiger partial charge < -0.3 is 14.2 Å². The van der Waals surface area contributed by atoms with Gasteiger partial charge in [0.1, 0.15) is 12.7 Å². The smallest absolute Gasteiger partial charge is 0.195 e. The first-order chi connectivity index (χ1) is 7.34. The van der Waals surface area contributed by atoms with E-state index in [1.54, 1.807) is 6.26 Å². The summed E-state index contributed by atoms with van der Waals surface area (Å²) in [7, 11) is 0. The highest BCUT2D eigenvalue weighted by molar-refractivity contribution is 5.12. The lowest BCUT2D eigenvalue weighted by atomic mass is 9.77. The minimum Gasteiger partial charge on any atom is -0.498 e. The summed E-state index contributed by atoms with van der Waals surface area (Å²) in [5.74, 6) is 2.63. The summed E-state index contributed by atoms with van der Waals surface area (Å²) < 4.78 is 17.0. The maximum atomic E-state index is 5.82. The van der Waals surface area contributed by atoms with E-state index in [0.29, 0.717) is 23.9 Å². The highest BCUT2D eigenvalue weighted by Crippen LogP contribution is 2.64. The Kier molecular flexibility index (Phi) is 1.48. The molecule has 6 unspecified atom stereocenters. The average Bonchev–Trinajstić information content (AvgIpc) is 2.59. The second-order valence-corrected chi connectivity index (χ2v) is 5.34. The standard InChI is InChI=1S/C12H16O3/c1-2-13-10-4-7-3-8(10)9-5-14-12(6-15-12)11(7)9/h2,7-11H,1,3-6H2. The fourth-order valence-electron chi connectivity index (χ4n) is 4.30. The third-order valence-electron chi connectivity index (χ3n) is 4.83. The fraction of sp³-hybridized carbons (Fsp3) is 0.833. The van der Waals surface area contributed by atoms with E-state index in [1.807, 2.05) is 0 Å². The number of hydrogen-bond acceptors (Lipinski definition) is 3. The van der Waals surface area contributed by atoms with Gasteiger partial charge in [0, 0.05) is 11.8 Å². The molecule has 0 radical (unpaired) electrons. The van der Waals surface area contributed by atoms with E-state index in [9.17, 15) is 0 Å². The molecule has 15 heavy (non-hydrogen) atoms. The van der Waals surface area contributed by atoms with Gasteiger partial charge in [-0.3, -0.25) is 0 Å². The van der Waals surface area contributed by atoms with Crippen LogP contribution in [0.5, 0.6) is 0 Å². The zero-order chi connectivity index (χ0) is 10.0. The monoisotopic (exact) mass is 208 g/mol. The van der Waals surface area contributed by atoms with E-state index >= 15 is 0 Å².